The fourth-order valence-corrected chi connectivity index (χ4v) is 1.75. The van der Waals surface area contributed by atoms with Gasteiger partial charge in [0.05, 0.1) is 12.1 Å². The molecule has 0 aliphatic carbocycles. The summed E-state index contributed by atoms with van der Waals surface area (Å²) in [5.41, 5.74) is 6.59. The second kappa shape index (κ2) is 6.50. The molecule has 2 atom stereocenters. The zero-order valence-electron chi connectivity index (χ0n) is 11.1. The van der Waals surface area contributed by atoms with Crippen LogP contribution in [0.1, 0.15) is 38.8 Å². The van der Waals surface area contributed by atoms with Crippen LogP contribution in [0.15, 0.2) is 24.3 Å². The van der Waals surface area contributed by atoms with Gasteiger partial charge in [0.1, 0.15) is 5.82 Å². The highest BCUT2D eigenvalue weighted by molar-refractivity contribution is 5.81. The molecule has 0 aliphatic heterocycles. The van der Waals surface area contributed by atoms with Gasteiger partial charge in [0.25, 0.3) is 0 Å². The number of carbonyl (C=O) groups is 1. The summed E-state index contributed by atoms with van der Waals surface area (Å²) in [6, 6.07) is 5.55. The number of benzene rings is 1. The quantitative estimate of drug-likeness (QED) is 0.845. The Bertz CT molecular complexity index is 389. The van der Waals surface area contributed by atoms with Gasteiger partial charge in [-0.2, -0.15) is 0 Å². The van der Waals surface area contributed by atoms with Crippen LogP contribution in [0.3, 0.4) is 0 Å². The molecule has 4 heteroatoms. The van der Waals surface area contributed by atoms with Gasteiger partial charge in [-0.15, -0.1) is 0 Å². The summed E-state index contributed by atoms with van der Waals surface area (Å²) in [4.78, 5) is 11.8. The summed E-state index contributed by atoms with van der Waals surface area (Å²) in [6.07, 6.45) is 0.597. The molecule has 1 rings (SSSR count). The van der Waals surface area contributed by atoms with Crippen LogP contribution in [-0.2, 0) is 4.79 Å². The Morgan fingerprint density at radius 1 is 1.33 bits per heavy atom. The van der Waals surface area contributed by atoms with Crippen LogP contribution in [-0.4, -0.2) is 11.9 Å². The van der Waals surface area contributed by atoms with E-state index in [2.05, 4.69) is 5.32 Å². The Labute approximate surface area is 108 Å². The number of amides is 1. The molecule has 1 aromatic rings. The third-order valence-electron chi connectivity index (χ3n) is 2.97. The van der Waals surface area contributed by atoms with Crippen LogP contribution >= 0.6 is 0 Å². The van der Waals surface area contributed by atoms with Crippen LogP contribution in [0, 0.1) is 11.7 Å². The molecule has 0 saturated carbocycles. The third-order valence-corrected chi connectivity index (χ3v) is 2.97. The molecule has 0 spiro atoms. The molecule has 1 aromatic carbocycles. The molecule has 3 nitrogen and oxygen atoms in total. The van der Waals surface area contributed by atoms with Crippen molar-refractivity contribution in [1.29, 1.82) is 0 Å². The SMILES string of the molecule is CCC(N)C(=O)NC(c1ccc(F)cc1)C(C)C. The molecular formula is C14H21FN2O. The van der Waals surface area contributed by atoms with E-state index in [-0.39, 0.29) is 23.7 Å². The Morgan fingerprint density at radius 3 is 2.33 bits per heavy atom. The maximum Gasteiger partial charge on any atom is 0.237 e. The van der Waals surface area contributed by atoms with E-state index in [0.717, 1.165) is 5.56 Å². The Hall–Kier alpha value is -1.42. The van der Waals surface area contributed by atoms with E-state index in [9.17, 15) is 9.18 Å². The lowest BCUT2D eigenvalue weighted by molar-refractivity contribution is -0.123. The molecular weight excluding hydrogens is 231 g/mol. The Balaban J connectivity index is 2.83. The fraction of sp³-hybridized carbons (Fsp3) is 0.500. The van der Waals surface area contributed by atoms with Crippen molar-refractivity contribution in [2.45, 2.75) is 39.3 Å². The summed E-state index contributed by atoms with van der Waals surface area (Å²) in [6.45, 7) is 5.88. The zero-order chi connectivity index (χ0) is 13.7. The molecule has 0 radical (unpaired) electrons. The van der Waals surface area contributed by atoms with E-state index in [1.807, 2.05) is 20.8 Å². The maximum atomic E-state index is 12.9. The van der Waals surface area contributed by atoms with E-state index < -0.39 is 6.04 Å². The van der Waals surface area contributed by atoms with Gasteiger partial charge in [0.2, 0.25) is 5.91 Å². The van der Waals surface area contributed by atoms with E-state index >= 15 is 0 Å². The second-order valence-corrected chi connectivity index (χ2v) is 4.80. The van der Waals surface area contributed by atoms with Crippen LogP contribution in [0.4, 0.5) is 4.39 Å². The monoisotopic (exact) mass is 252 g/mol. The molecule has 0 heterocycles. The summed E-state index contributed by atoms with van der Waals surface area (Å²) in [7, 11) is 0. The Morgan fingerprint density at radius 2 is 1.89 bits per heavy atom. The molecule has 0 aliphatic rings. The van der Waals surface area contributed by atoms with E-state index in [4.69, 9.17) is 5.73 Å². The van der Waals surface area contributed by atoms with E-state index in [1.54, 1.807) is 12.1 Å². The van der Waals surface area contributed by atoms with Gasteiger partial charge in [-0.3, -0.25) is 4.79 Å². The van der Waals surface area contributed by atoms with Crippen LogP contribution in [0.5, 0.6) is 0 Å². The third kappa shape index (κ3) is 3.81. The minimum Gasteiger partial charge on any atom is -0.348 e. The highest BCUT2D eigenvalue weighted by atomic mass is 19.1. The standard InChI is InChI=1S/C14H21FN2O/c1-4-12(16)14(18)17-13(9(2)3)10-5-7-11(15)8-6-10/h5-9,12-13H,4,16H2,1-3H3,(H,17,18). The van der Waals surface area contributed by atoms with Crippen molar-refractivity contribution in [1.82, 2.24) is 5.32 Å². The molecule has 100 valence electrons. The summed E-state index contributed by atoms with van der Waals surface area (Å²) in [5, 5.41) is 2.92. The smallest absolute Gasteiger partial charge is 0.237 e. The molecule has 0 bridgehead atoms. The molecule has 0 aromatic heterocycles. The molecule has 3 N–H and O–H groups in total. The van der Waals surface area contributed by atoms with Gasteiger partial charge in [-0.1, -0.05) is 32.9 Å². The number of hydrogen-bond donors (Lipinski definition) is 2. The number of nitrogens with one attached hydrogen (secondary N) is 1. The topological polar surface area (TPSA) is 55.1 Å². The van der Waals surface area contributed by atoms with Crippen molar-refractivity contribution < 1.29 is 9.18 Å². The predicted molar refractivity (Wildman–Crippen MR) is 70.4 cm³/mol. The van der Waals surface area contributed by atoms with Crippen molar-refractivity contribution in [3.05, 3.63) is 35.6 Å². The van der Waals surface area contributed by atoms with Crippen LogP contribution in [0.2, 0.25) is 0 Å². The first-order chi connectivity index (χ1) is 8.45. The van der Waals surface area contributed by atoms with Crippen LogP contribution < -0.4 is 11.1 Å². The van der Waals surface area contributed by atoms with Crippen LogP contribution in [0.25, 0.3) is 0 Å². The van der Waals surface area contributed by atoms with Crippen molar-refractivity contribution in [3.63, 3.8) is 0 Å². The second-order valence-electron chi connectivity index (χ2n) is 4.80. The molecule has 18 heavy (non-hydrogen) atoms. The molecule has 2 unspecified atom stereocenters. The van der Waals surface area contributed by atoms with Gasteiger partial charge in [-0.25, -0.2) is 4.39 Å². The van der Waals surface area contributed by atoms with Gasteiger partial charge in [0.15, 0.2) is 0 Å². The number of nitrogens with two attached hydrogens (primary N) is 1. The average molecular weight is 252 g/mol. The normalized spacial score (nSPS) is 14.3. The zero-order valence-corrected chi connectivity index (χ0v) is 11.1. The summed E-state index contributed by atoms with van der Waals surface area (Å²) in [5.74, 6) is -0.234. The van der Waals surface area contributed by atoms with Crippen molar-refractivity contribution in [2.24, 2.45) is 11.7 Å². The summed E-state index contributed by atoms with van der Waals surface area (Å²) < 4.78 is 12.9. The number of carbonyl (C=O) groups excluding carboxylic acids is 1. The molecule has 0 fully saturated rings. The first kappa shape index (κ1) is 14.6. The lowest BCUT2D eigenvalue weighted by Crippen LogP contribution is -2.43. The number of hydrogen-bond acceptors (Lipinski definition) is 2. The molecule has 0 saturated heterocycles. The lowest BCUT2D eigenvalue weighted by atomic mass is 9.95. The highest BCUT2D eigenvalue weighted by Gasteiger charge is 2.20. The minimum atomic E-state index is -0.494. The van der Waals surface area contributed by atoms with Crippen molar-refractivity contribution in [2.75, 3.05) is 0 Å². The van der Waals surface area contributed by atoms with Crippen molar-refractivity contribution >= 4 is 5.91 Å². The van der Waals surface area contributed by atoms with Gasteiger partial charge >= 0.3 is 0 Å². The number of rotatable bonds is 5. The van der Waals surface area contributed by atoms with Gasteiger partial charge in [-0.05, 0) is 30.0 Å². The van der Waals surface area contributed by atoms with E-state index in [1.165, 1.54) is 12.1 Å². The largest absolute Gasteiger partial charge is 0.348 e. The highest BCUT2D eigenvalue weighted by Crippen LogP contribution is 2.22. The Kier molecular flexibility index (Phi) is 5.28. The first-order valence-corrected chi connectivity index (χ1v) is 6.27. The fourth-order valence-electron chi connectivity index (χ4n) is 1.75. The minimum absolute atomic E-state index is 0.143. The molecule has 1 amide bonds. The van der Waals surface area contributed by atoms with Gasteiger partial charge < -0.3 is 11.1 Å². The maximum absolute atomic E-state index is 12.9. The van der Waals surface area contributed by atoms with E-state index in [0.29, 0.717) is 6.42 Å². The predicted octanol–water partition coefficient (Wildman–Crippen LogP) is 2.38. The number of halogens is 1. The lowest BCUT2D eigenvalue weighted by Gasteiger charge is -2.24. The summed E-state index contributed by atoms with van der Waals surface area (Å²) >= 11 is 0. The van der Waals surface area contributed by atoms with Gasteiger partial charge in [0, 0.05) is 0 Å². The average Bonchev–Trinajstić information content (AvgIpc) is 2.35. The van der Waals surface area contributed by atoms with Crippen molar-refractivity contribution in [3.8, 4) is 0 Å². The first-order valence-electron chi connectivity index (χ1n) is 6.27.